The Kier molecular flexibility index (Phi) is 5.94. The molecular weight excluding hydrogens is 414 g/mol. The van der Waals surface area contributed by atoms with Crippen LogP contribution in [0.25, 0.3) is 0 Å². The average molecular weight is 454 g/mol. The van der Waals surface area contributed by atoms with Gasteiger partial charge in [-0.15, -0.1) is 5.10 Å². The summed E-state index contributed by atoms with van der Waals surface area (Å²) in [5.74, 6) is 8.75. The fourth-order valence-electron chi connectivity index (χ4n) is 8.88. The highest BCUT2D eigenvalue weighted by molar-refractivity contribution is 5.82. The lowest BCUT2D eigenvalue weighted by atomic mass is 9.43. The Bertz CT molecular complexity index is 936. The molecule has 6 heteroatoms. The number of carbonyl (C=O) groups is 1. The van der Waals surface area contributed by atoms with Crippen molar-refractivity contribution in [2.24, 2.45) is 40.4 Å². The van der Waals surface area contributed by atoms with Crippen LogP contribution in [0.4, 0.5) is 0 Å². The standard InChI is InChI=1S/C27H39N3O3/c1-25-12-13-27(33,10-3-4-16-31)17-19(25)5-6-20-21-7-8-23(26(21,2)11-9-22(20)25)24(32)18-30-15-14-28-29-30/h14-15,19-23,31,33H,5-13,16-18H2,1-2H3/t19?,20-,21-,22-,23+,25-,26-,27?/m0/s1. The van der Waals surface area contributed by atoms with Gasteiger partial charge < -0.3 is 10.2 Å². The summed E-state index contributed by atoms with van der Waals surface area (Å²) in [5.41, 5.74) is -0.310. The van der Waals surface area contributed by atoms with Gasteiger partial charge >= 0.3 is 0 Å². The molecule has 6 nitrogen and oxygen atoms in total. The molecule has 2 N–H and O–H groups in total. The third-order valence-electron chi connectivity index (χ3n) is 10.6. The van der Waals surface area contributed by atoms with Gasteiger partial charge in [0, 0.05) is 18.5 Å². The zero-order chi connectivity index (χ0) is 23.3. The van der Waals surface area contributed by atoms with Crippen LogP contribution < -0.4 is 0 Å². The van der Waals surface area contributed by atoms with Gasteiger partial charge in [-0.3, -0.25) is 4.79 Å². The first-order valence-electron chi connectivity index (χ1n) is 12.9. The smallest absolute Gasteiger partial charge is 0.157 e. The molecule has 0 saturated heterocycles. The molecule has 4 saturated carbocycles. The van der Waals surface area contributed by atoms with Crippen LogP contribution in [0.15, 0.2) is 12.4 Å². The van der Waals surface area contributed by atoms with Gasteiger partial charge in [0.15, 0.2) is 5.78 Å². The number of fused-ring (bicyclic) bond motifs is 5. The molecule has 0 spiro atoms. The van der Waals surface area contributed by atoms with Crippen LogP contribution in [0.3, 0.4) is 0 Å². The molecule has 2 unspecified atom stereocenters. The van der Waals surface area contributed by atoms with Crippen LogP contribution in [0.2, 0.25) is 0 Å². The molecule has 0 amide bonds. The van der Waals surface area contributed by atoms with Gasteiger partial charge in [-0.25, -0.2) is 4.68 Å². The average Bonchev–Trinajstić information content (AvgIpc) is 3.41. The largest absolute Gasteiger partial charge is 0.389 e. The third kappa shape index (κ3) is 3.86. The number of ketones is 1. The Morgan fingerprint density at radius 3 is 2.64 bits per heavy atom. The summed E-state index contributed by atoms with van der Waals surface area (Å²) in [5, 5.41) is 28.0. The van der Waals surface area contributed by atoms with Crippen molar-refractivity contribution in [3.8, 4) is 11.8 Å². The molecule has 1 aromatic rings. The number of hydrogen-bond donors (Lipinski definition) is 2. The van der Waals surface area contributed by atoms with Crippen molar-refractivity contribution in [1.29, 1.82) is 0 Å². The predicted octanol–water partition coefficient (Wildman–Crippen LogP) is 3.62. The normalized spacial score (nSPS) is 44.2. The molecular formula is C27H39N3O3. The maximum Gasteiger partial charge on any atom is 0.157 e. The molecule has 4 aliphatic carbocycles. The Morgan fingerprint density at radius 2 is 1.88 bits per heavy atom. The summed E-state index contributed by atoms with van der Waals surface area (Å²) < 4.78 is 1.67. The molecule has 8 atom stereocenters. The lowest BCUT2D eigenvalue weighted by Gasteiger charge is -2.62. The predicted molar refractivity (Wildman–Crippen MR) is 125 cm³/mol. The number of aliphatic hydroxyl groups is 2. The van der Waals surface area contributed by atoms with E-state index >= 15 is 0 Å². The van der Waals surface area contributed by atoms with Gasteiger partial charge in [-0.05, 0) is 92.3 Å². The summed E-state index contributed by atoms with van der Waals surface area (Å²) in [4.78, 5) is 13.3. The van der Waals surface area contributed by atoms with Crippen molar-refractivity contribution in [3.63, 3.8) is 0 Å². The minimum Gasteiger partial charge on any atom is -0.389 e. The van der Waals surface area contributed by atoms with Crippen molar-refractivity contribution in [2.45, 2.75) is 90.2 Å². The molecule has 0 radical (unpaired) electrons. The number of aliphatic hydroxyl groups excluding tert-OH is 1. The van der Waals surface area contributed by atoms with E-state index in [1.165, 1.54) is 25.7 Å². The van der Waals surface area contributed by atoms with E-state index in [0.29, 0.717) is 42.4 Å². The van der Waals surface area contributed by atoms with Gasteiger partial charge in [-0.2, -0.15) is 0 Å². The van der Waals surface area contributed by atoms with E-state index in [1.807, 2.05) is 0 Å². The summed E-state index contributed by atoms with van der Waals surface area (Å²) in [6.45, 7) is 5.11. The van der Waals surface area contributed by atoms with E-state index in [0.717, 1.165) is 32.1 Å². The Labute approximate surface area is 197 Å². The molecule has 33 heavy (non-hydrogen) atoms. The lowest BCUT2D eigenvalue weighted by molar-refractivity contribution is -0.153. The zero-order valence-corrected chi connectivity index (χ0v) is 20.2. The fourth-order valence-corrected chi connectivity index (χ4v) is 8.88. The molecule has 4 aliphatic rings. The van der Waals surface area contributed by atoms with Crippen molar-refractivity contribution in [3.05, 3.63) is 12.4 Å². The van der Waals surface area contributed by atoms with Crippen molar-refractivity contribution < 1.29 is 15.0 Å². The summed E-state index contributed by atoms with van der Waals surface area (Å²) in [6.07, 6.45) is 13.6. The van der Waals surface area contributed by atoms with Gasteiger partial charge in [0.25, 0.3) is 0 Å². The van der Waals surface area contributed by atoms with Crippen LogP contribution >= 0.6 is 0 Å². The highest BCUT2D eigenvalue weighted by Gasteiger charge is 2.62. The van der Waals surface area contributed by atoms with Gasteiger partial charge in [0.05, 0.1) is 11.8 Å². The number of Topliss-reactive ketones (excluding diaryl/α,β-unsaturated/α-hetero) is 1. The Balaban J connectivity index is 1.30. The Hall–Kier alpha value is -1.71. The van der Waals surface area contributed by atoms with E-state index in [-0.39, 0.29) is 23.4 Å². The molecule has 1 heterocycles. The maximum atomic E-state index is 13.3. The fraction of sp³-hybridized carbons (Fsp3) is 0.815. The number of aromatic nitrogens is 3. The van der Waals surface area contributed by atoms with Crippen LogP contribution in [0.1, 0.15) is 78.1 Å². The van der Waals surface area contributed by atoms with E-state index < -0.39 is 5.60 Å². The summed E-state index contributed by atoms with van der Waals surface area (Å²) >= 11 is 0. The molecule has 0 aliphatic heterocycles. The second-order valence-corrected chi connectivity index (χ2v) is 12.0. The van der Waals surface area contributed by atoms with Crippen molar-refractivity contribution in [1.82, 2.24) is 15.0 Å². The minimum atomic E-state index is -0.700. The third-order valence-corrected chi connectivity index (χ3v) is 10.6. The molecule has 1 aromatic heterocycles. The molecule has 180 valence electrons. The van der Waals surface area contributed by atoms with Crippen LogP contribution in [0.5, 0.6) is 0 Å². The monoisotopic (exact) mass is 453 g/mol. The zero-order valence-electron chi connectivity index (χ0n) is 20.2. The quantitative estimate of drug-likeness (QED) is 0.680. The van der Waals surface area contributed by atoms with Crippen LogP contribution in [-0.2, 0) is 11.3 Å². The highest BCUT2D eigenvalue weighted by atomic mass is 16.3. The number of hydrogen-bond acceptors (Lipinski definition) is 5. The minimum absolute atomic E-state index is 0.108. The molecule has 0 bridgehead atoms. The Morgan fingerprint density at radius 1 is 1.06 bits per heavy atom. The summed E-state index contributed by atoms with van der Waals surface area (Å²) in [6, 6.07) is 0. The van der Waals surface area contributed by atoms with Crippen molar-refractivity contribution >= 4 is 5.78 Å². The molecule has 5 rings (SSSR count). The SMILES string of the molecule is C[C@]12CC[C@H]3[C@@H](CCC4CC(O)(CC#CCO)CC[C@@]43C)[C@@H]1CC[C@@H]2C(=O)Cn1ccnn1. The van der Waals surface area contributed by atoms with E-state index in [9.17, 15) is 9.90 Å². The first-order valence-corrected chi connectivity index (χ1v) is 12.9. The van der Waals surface area contributed by atoms with Crippen molar-refractivity contribution in [2.75, 3.05) is 6.61 Å². The second kappa shape index (κ2) is 8.50. The van der Waals surface area contributed by atoms with E-state index in [4.69, 9.17) is 5.11 Å². The number of rotatable bonds is 4. The first kappa shape index (κ1) is 23.1. The maximum absolute atomic E-state index is 13.3. The second-order valence-electron chi connectivity index (χ2n) is 12.0. The summed E-state index contributed by atoms with van der Waals surface area (Å²) in [7, 11) is 0. The van der Waals surface area contributed by atoms with Crippen LogP contribution in [-0.4, -0.2) is 43.2 Å². The van der Waals surface area contributed by atoms with Gasteiger partial charge in [0.1, 0.15) is 13.2 Å². The van der Waals surface area contributed by atoms with Crippen LogP contribution in [0, 0.1) is 52.3 Å². The molecule has 4 fully saturated rings. The van der Waals surface area contributed by atoms with Gasteiger partial charge in [0.2, 0.25) is 0 Å². The number of carbonyl (C=O) groups excluding carboxylic acids is 1. The lowest BCUT2D eigenvalue weighted by Crippen LogP contribution is -2.56. The number of nitrogens with zero attached hydrogens (tertiary/aromatic N) is 3. The molecule has 0 aromatic carbocycles. The van der Waals surface area contributed by atoms with Gasteiger partial charge in [-0.1, -0.05) is 30.9 Å². The van der Waals surface area contributed by atoms with E-state index in [2.05, 4.69) is 36.0 Å². The highest BCUT2D eigenvalue weighted by Crippen LogP contribution is 2.68. The van der Waals surface area contributed by atoms with E-state index in [1.54, 1.807) is 17.1 Å². The first-order chi connectivity index (χ1) is 15.8. The topological polar surface area (TPSA) is 88.2 Å².